The number of nitriles is 1. The number of rotatable bonds is 2. The Morgan fingerprint density at radius 3 is 2.52 bits per heavy atom. The van der Waals surface area contributed by atoms with Crippen LogP contribution in [-0.4, -0.2) is 77.2 Å². The van der Waals surface area contributed by atoms with Gasteiger partial charge in [0.1, 0.15) is 29.9 Å². The van der Waals surface area contributed by atoms with Crippen LogP contribution in [0.5, 0.6) is 0 Å². The summed E-state index contributed by atoms with van der Waals surface area (Å²) in [4.78, 5) is 47.1. The molecule has 4 aliphatic rings. The number of carbonyl (C=O) groups excluding carboxylic acids is 3. The number of halogens is 2. The maximum Gasteiger partial charge on any atom is 0.408 e. The highest BCUT2D eigenvalue weighted by molar-refractivity contribution is 5.95. The van der Waals surface area contributed by atoms with E-state index in [0.29, 0.717) is 31.4 Å². The summed E-state index contributed by atoms with van der Waals surface area (Å²) in [5.74, 6) is -5.69. The van der Waals surface area contributed by atoms with Crippen molar-refractivity contribution in [3.63, 3.8) is 0 Å². The molecule has 2 N–H and O–H groups in total. The molecule has 2 bridgehead atoms. The number of fused-ring (bicyclic) bond motifs is 5. The number of nitrogens with one attached hydrogen (secondary N) is 2. The molecule has 2 amide bonds. The van der Waals surface area contributed by atoms with Crippen molar-refractivity contribution in [1.82, 2.24) is 10.2 Å². The van der Waals surface area contributed by atoms with E-state index >= 15 is 8.78 Å². The molecule has 260 valence electrons. The number of alkyl carbamates (subject to hydrolysis) is 1. The van der Waals surface area contributed by atoms with E-state index in [1.54, 1.807) is 41.5 Å². The van der Waals surface area contributed by atoms with Crippen LogP contribution in [0.15, 0.2) is 35.3 Å². The number of aliphatic imine (C=N–C) groups is 1. The lowest BCUT2D eigenvalue weighted by Gasteiger charge is -2.36. The number of amides is 2. The van der Waals surface area contributed by atoms with Gasteiger partial charge in [0.2, 0.25) is 11.8 Å². The SMILES string of the molecule is CC[C@@H]1[C@@H]2CN(C(=O)[C@H](C(C)(C)C)NC(=O)O[C@@H]3C[C@H]3CC/C=C/C(F)(F)C3Nc4ccc(C#N)cc4N=C3O2)[C@@H]1C(=O)OC(C)(C)C. The summed E-state index contributed by atoms with van der Waals surface area (Å²) >= 11 is 0. The van der Waals surface area contributed by atoms with E-state index in [2.05, 4.69) is 15.6 Å². The Morgan fingerprint density at radius 2 is 1.88 bits per heavy atom. The highest BCUT2D eigenvalue weighted by Crippen LogP contribution is 2.41. The zero-order valence-electron chi connectivity index (χ0n) is 28.5. The molecule has 3 heterocycles. The van der Waals surface area contributed by atoms with Gasteiger partial charge in [-0.3, -0.25) is 4.79 Å². The highest BCUT2D eigenvalue weighted by atomic mass is 19.3. The minimum absolute atomic E-state index is 0.00682. The smallest absolute Gasteiger partial charge is 0.408 e. The first-order chi connectivity index (χ1) is 22.4. The molecule has 1 aromatic rings. The maximum atomic E-state index is 16.0. The fourth-order valence-electron chi connectivity index (χ4n) is 6.52. The van der Waals surface area contributed by atoms with E-state index in [1.807, 2.05) is 13.0 Å². The zero-order chi connectivity index (χ0) is 35.2. The normalized spacial score (nSPS) is 31.0. The maximum absolute atomic E-state index is 16.0. The standard InChI is InChI=1S/C35H45F2N5O6/c1-8-21-25-18-42(26(21)31(44)48-34(5,6)7)30(43)28(33(2,3)4)41-32(45)47-24-16-20(24)11-9-10-14-35(36,37)27-29(46-25)40-23-15-19(17-38)12-13-22(23)39-27/h10,12-15,20-21,24-28,39H,8-9,11,16,18H2,1-7H3,(H,41,45)/b14-10+/t20-,21-,24-,25+,26+,27?,28-/m1/s1. The Bertz CT molecular complexity index is 1540. The van der Waals surface area contributed by atoms with Crippen LogP contribution in [0.2, 0.25) is 0 Å². The van der Waals surface area contributed by atoms with Gasteiger partial charge in [-0.2, -0.15) is 14.0 Å². The van der Waals surface area contributed by atoms with Gasteiger partial charge >= 0.3 is 12.1 Å². The minimum Gasteiger partial charge on any atom is -0.473 e. The Morgan fingerprint density at radius 1 is 1.15 bits per heavy atom. The summed E-state index contributed by atoms with van der Waals surface area (Å²) in [7, 11) is 0. The second-order valence-electron chi connectivity index (χ2n) is 15.1. The van der Waals surface area contributed by atoms with Crippen molar-refractivity contribution in [2.75, 3.05) is 11.9 Å². The molecule has 48 heavy (non-hydrogen) atoms. The van der Waals surface area contributed by atoms with Crippen molar-refractivity contribution in [3.8, 4) is 6.07 Å². The number of anilines is 1. The van der Waals surface area contributed by atoms with Gasteiger partial charge in [-0.05, 0) is 82.1 Å². The van der Waals surface area contributed by atoms with E-state index in [1.165, 1.54) is 29.2 Å². The molecule has 1 unspecified atom stereocenters. The van der Waals surface area contributed by atoms with E-state index in [-0.39, 0.29) is 35.7 Å². The summed E-state index contributed by atoms with van der Waals surface area (Å²) in [5, 5.41) is 15.1. The molecule has 0 aromatic heterocycles. The van der Waals surface area contributed by atoms with Crippen LogP contribution in [0.4, 0.5) is 25.0 Å². The summed E-state index contributed by atoms with van der Waals surface area (Å²) in [6.45, 7) is 12.2. The topological polar surface area (TPSA) is 142 Å². The lowest BCUT2D eigenvalue weighted by Crippen LogP contribution is -2.58. The molecule has 1 aliphatic carbocycles. The average Bonchev–Trinajstić information content (AvgIpc) is 3.61. The van der Waals surface area contributed by atoms with Gasteiger partial charge in [0.15, 0.2) is 6.04 Å². The quantitative estimate of drug-likeness (QED) is 0.295. The number of hydrogen-bond acceptors (Lipinski definition) is 9. The Kier molecular flexibility index (Phi) is 9.51. The molecule has 0 spiro atoms. The van der Waals surface area contributed by atoms with Crippen LogP contribution in [-0.2, 0) is 23.8 Å². The molecule has 1 saturated heterocycles. The second-order valence-corrected chi connectivity index (χ2v) is 15.1. The van der Waals surface area contributed by atoms with E-state index in [4.69, 9.17) is 14.2 Å². The summed E-state index contributed by atoms with van der Waals surface area (Å²) < 4.78 is 49.8. The first-order valence-corrected chi connectivity index (χ1v) is 16.5. The minimum atomic E-state index is -3.47. The molecule has 11 nitrogen and oxygen atoms in total. The first-order valence-electron chi connectivity index (χ1n) is 16.5. The molecular formula is C35H45F2N5O6. The van der Waals surface area contributed by atoms with Crippen molar-refractivity contribution in [3.05, 3.63) is 35.9 Å². The number of hydrogen-bond donors (Lipinski definition) is 2. The van der Waals surface area contributed by atoms with Crippen molar-refractivity contribution < 1.29 is 37.4 Å². The van der Waals surface area contributed by atoms with Crippen molar-refractivity contribution in [2.24, 2.45) is 22.2 Å². The number of nitrogens with zero attached hydrogens (tertiary/aromatic N) is 3. The van der Waals surface area contributed by atoms with Crippen LogP contribution >= 0.6 is 0 Å². The summed E-state index contributed by atoms with van der Waals surface area (Å²) in [6, 6.07) is 2.60. The van der Waals surface area contributed by atoms with E-state index in [0.717, 1.165) is 6.08 Å². The molecule has 7 atom stereocenters. The van der Waals surface area contributed by atoms with Crippen LogP contribution in [0.25, 0.3) is 0 Å². The van der Waals surface area contributed by atoms with Crippen LogP contribution < -0.4 is 10.6 Å². The van der Waals surface area contributed by atoms with Gasteiger partial charge in [-0.15, -0.1) is 0 Å². The summed E-state index contributed by atoms with van der Waals surface area (Å²) in [5.41, 5.74) is -0.834. The van der Waals surface area contributed by atoms with Crippen LogP contribution in [0, 0.1) is 28.6 Å². The number of benzene rings is 1. The van der Waals surface area contributed by atoms with Crippen LogP contribution in [0.3, 0.4) is 0 Å². The molecule has 1 aromatic carbocycles. The number of ether oxygens (including phenoxy) is 3. The van der Waals surface area contributed by atoms with Gasteiger partial charge in [0.25, 0.3) is 5.92 Å². The molecule has 3 aliphatic heterocycles. The van der Waals surface area contributed by atoms with Gasteiger partial charge in [0.05, 0.1) is 29.6 Å². The Hall–Kier alpha value is -4.21. The van der Waals surface area contributed by atoms with Gasteiger partial charge < -0.3 is 29.7 Å². The fraction of sp³-hybridized carbons (Fsp3) is 0.629. The predicted octanol–water partition coefficient (Wildman–Crippen LogP) is 5.86. The molecule has 2 fully saturated rings. The van der Waals surface area contributed by atoms with Crippen LogP contribution in [0.1, 0.15) is 79.7 Å². The molecule has 1 saturated carbocycles. The number of carbonyl (C=O) groups is 3. The van der Waals surface area contributed by atoms with Gasteiger partial charge in [-0.25, -0.2) is 14.6 Å². The van der Waals surface area contributed by atoms with Crippen molar-refractivity contribution in [2.45, 2.75) is 116 Å². The first kappa shape index (κ1) is 35.1. The summed E-state index contributed by atoms with van der Waals surface area (Å²) in [6.07, 6.45) is 1.93. The zero-order valence-corrected chi connectivity index (χ0v) is 28.5. The van der Waals surface area contributed by atoms with E-state index < -0.39 is 65.1 Å². The largest absolute Gasteiger partial charge is 0.473 e. The van der Waals surface area contributed by atoms with Crippen molar-refractivity contribution >= 4 is 35.2 Å². The highest BCUT2D eigenvalue weighted by Gasteiger charge is 2.54. The third-order valence-corrected chi connectivity index (χ3v) is 9.10. The Labute approximate surface area is 280 Å². The lowest BCUT2D eigenvalue weighted by atomic mass is 9.85. The second kappa shape index (κ2) is 13.0. The monoisotopic (exact) mass is 669 g/mol. The fourth-order valence-corrected chi connectivity index (χ4v) is 6.52. The average molecular weight is 670 g/mol. The lowest BCUT2D eigenvalue weighted by molar-refractivity contribution is -0.165. The number of allylic oxidation sites excluding steroid dienone is 1. The molecule has 13 heteroatoms. The number of esters is 1. The Balaban J connectivity index is 1.60. The van der Waals surface area contributed by atoms with E-state index in [9.17, 15) is 19.6 Å². The van der Waals surface area contributed by atoms with Gasteiger partial charge in [0, 0.05) is 5.92 Å². The third-order valence-electron chi connectivity index (χ3n) is 9.10. The predicted molar refractivity (Wildman–Crippen MR) is 174 cm³/mol. The molecular weight excluding hydrogens is 624 g/mol. The third kappa shape index (κ3) is 7.58. The van der Waals surface area contributed by atoms with Gasteiger partial charge in [-0.1, -0.05) is 33.8 Å². The number of alkyl halides is 2. The molecule has 0 radical (unpaired) electrons. The molecule has 5 rings (SSSR count). The van der Waals surface area contributed by atoms with Crippen molar-refractivity contribution in [1.29, 1.82) is 5.26 Å².